The Kier molecular flexibility index (Phi) is 5.18. The molecule has 0 unspecified atom stereocenters. The van der Waals surface area contributed by atoms with E-state index in [1.807, 2.05) is 12.2 Å². The highest BCUT2D eigenvalue weighted by atomic mass is 32.1. The van der Waals surface area contributed by atoms with E-state index in [-0.39, 0.29) is 10.8 Å². The molecule has 1 N–H and O–H groups in total. The molecule has 0 bridgehead atoms. The topological polar surface area (TPSA) is 37.3 Å². The van der Waals surface area contributed by atoms with E-state index in [0.717, 1.165) is 11.1 Å². The third kappa shape index (κ3) is 4.08. The zero-order chi connectivity index (χ0) is 19.8. The van der Waals surface area contributed by atoms with Crippen LogP contribution in [0.3, 0.4) is 0 Å². The zero-order valence-corrected chi connectivity index (χ0v) is 17.6. The zero-order valence-electron chi connectivity index (χ0n) is 16.8. The van der Waals surface area contributed by atoms with Gasteiger partial charge < -0.3 is 5.11 Å². The molecule has 2 nitrogen and oxygen atoms in total. The SMILES string of the molecule is CC(/C=C/c1cscc1-c1ccc2c(c1)C(C)(C)CCC2(C)C)=C\C(=O)O. The number of carboxylic acid groups (broad SMARTS) is 1. The smallest absolute Gasteiger partial charge is 0.328 e. The summed E-state index contributed by atoms with van der Waals surface area (Å²) in [7, 11) is 0. The highest BCUT2D eigenvalue weighted by Gasteiger charge is 2.37. The van der Waals surface area contributed by atoms with Crippen LogP contribution in [0.15, 0.2) is 46.7 Å². The highest BCUT2D eigenvalue weighted by molar-refractivity contribution is 7.08. The Labute approximate surface area is 166 Å². The number of carboxylic acids is 1. The van der Waals surface area contributed by atoms with Gasteiger partial charge in [0.2, 0.25) is 0 Å². The van der Waals surface area contributed by atoms with Gasteiger partial charge in [0.1, 0.15) is 0 Å². The van der Waals surface area contributed by atoms with Gasteiger partial charge in [0, 0.05) is 6.08 Å². The molecule has 0 fully saturated rings. The second kappa shape index (κ2) is 7.12. The fraction of sp³-hybridized carbons (Fsp3) is 0.375. The molecule has 27 heavy (non-hydrogen) atoms. The predicted molar refractivity (Wildman–Crippen MR) is 115 cm³/mol. The van der Waals surface area contributed by atoms with Gasteiger partial charge in [0.25, 0.3) is 0 Å². The Morgan fingerprint density at radius 3 is 2.41 bits per heavy atom. The maximum Gasteiger partial charge on any atom is 0.328 e. The number of benzene rings is 1. The summed E-state index contributed by atoms with van der Waals surface area (Å²) >= 11 is 1.68. The molecule has 3 heteroatoms. The Balaban J connectivity index is 2.02. The van der Waals surface area contributed by atoms with Crippen molar-refractivity contribution in [2.75, 3.05) is 0 Å². The maximum atomic E-state index is 10.8. The minimum atomic E-state index is -0.915. The molecule has 0 amide bonds. The van der Waals surface area contributed by atoms with Gasteiger partial charge in [-0.05, 0) is 74.7 Å². The summed E-state index contributed by atoms with van der Waals surface area (Å²) in [4.78, 5) is 10.8. The van der Waals surface area contributed by atoms with E-state index in [0.29, 0.717) is 0 Å². The highest BCUT2D eigenvalue weighted by Crippen LogP contribution is 2.47. The van der Waals surface area contributed by atoms with Crippen molar-refractivity contribution in [1.82, 2.24) is 0 Å². The summed E-state index contributed by atoms with van der Waals surface area (Å²) in [6.07, 6.45) is 7.52. The minimum absolute atomic E-state index is 0.188. The molecule has 0 saturated heterocycles. The molecular formula is C24H28O2S. The molecular weight excluding hydrogens is 352 g/mol. The lowest BCUT2D eigenvalue weighted by Gasteiger charge is -2.42. The number of aliphatic carboxylic acids is 1. The van der Waals surface area contributed by atoms with E-state index in [2.05, 4.69) is 56.7 Å². The van der Waals surface area contributed by atoms with Crippen LogP contribution >= 0.6 is 11.3 Å². The van der Waals surface area contributed by atoms with Crippen LogP contribution in [0.1, 0.15) is 64.2 Å². The number of rotatable bonds is 4. The quantitative estimate of drug-likeness (QED) is 0.467. The van der Waals surface area contributed by atoms with Crippen LogP contribution in [0.25, 0.3) is 17.2 Å². The molecule has 1 aliphatic rings. The number of carbonyl (C=O) groups is 1. The van der Waals surface area contributed by atoms with E-state index in [4.69, 9.17) is 5.11 Å². The fourth-order valence-electron chi connectivity index (χ4n) is 3.89. The first-order valence-corrected chi connectivity index (χ1v) is 10.4. The van der Waals surface area contributed by atoms with Gasteiger partial charge in [0.15, 0.2) is 0 Å². The van der Waals surface area contributed by atoms with Crippen LogP contribution in [0.5, 0.6) is 0 Å². The first kappa shape index (κ1) is 19.6. The van der Waals surface area contributed by atoms with Crippen LogP contribution < -0.4 is 0 Å². The normalized spacial score (nSPS) is 18.5. The van der Waals surface area contributed by atoms with E-state index < -0.39 is 5.97 Å². The largest absolute Gasteiger partial charge is 0.478 e. The van der Waals surface area contributed by atoms with Crippen LogP contribution in [-0.4, -0.2) is 11.1 Å². The lowest BCUT2D eigenvalue weighted by molar-refractivity contribution is -0.131. The van der Waals surface area contributed by atoms with Gasteiger partial charge in [-0.3, -0.25) is 0 Å². The van der Waals surface area contributed by atoms with Gasteiger partial charge in [-0.2, -0.15) is 11.3 Å². The van der Waals surface area contributed by atoms with Crippen molar-refractivity contribution in [2.24, 2.45) is 0 Å². The van der Waals surface area contributed by atoms with Gasteiger partial charge in [-0.25, -0.2) is 4.79 Å². The number of hydrogen-bond acceptors (Lipinski definition) is 2. The van der Waals surface area contributed by atoms with Gasteiger partial charge in [-0.15, -0.1) is 0 Å². The van der Waals surface area contributed by atoms with E-state index in [1.165, 1.54) is 41.2 Å². The summed E-state index contributed by atoms with van der Waals surface area (Å²) in [5, 5.41) is 13.2. The Hall–Kier alpha value is -2.13. The molecule has 1 aromatic carbocycles. The van der Waals surface area contributed by atoms with Gasteiger partial charge in [-0.1, -0.05) is 58.0 Å². The first-order valence-electron chi connectivity index (χ1n) is 9.41. The van der Waals surface area contributed by atoms with Crippen molar-refractivity contribution in [3.63, 3.8) is 0 Å². The Morgan fingerprint density at radius 1 is 1.07 bits per heavy atom. The third-order valence-corrected chi connectivity index (χ3v) is 6.49. The Bertz CT molecular complexity index is 926. The number of fused-ring (bicyclic) bond motifs is 1. The molecule has 0 atom stereocenters. The third-order valence-electron chi connectivity index (χ3n) is 5.73. The Morgan fingerprint density at radius 2 is 1.74 bits per heavy atom. The van der Waals surface area contributed by atoms with Crippen LogP contribution in [0.2, 0.25) is 0 Å². The molecule has 3 rings (SSSR count). The van der Waals surface area contributed by atoms with Crippen molar-refractivity contribution < 1.29 is 9.90 Å². The standard InChI is InChI=1S/C24H28O2S/c1-16(12-22(25)26)6-7-18-14-27-15-19(18)17-8-9-20-21(13-17)24(4,5)11-10-23(20,2)3/h6-9,12-15H,10-11H2,1-5H3,(H,25,26)/b7-6+,16-12+. The van der Waals surface area contributed by atoms with Crippen molar-refractivity contribution >= 4 is 23.4 Å². The summed E-state index contributed by atoms with van der Waals surface area (Å²) in [6, 6.07) is 6.92. The average Bonchev–Trinajstić information content (AvgIpc) is 3.05. The van der Waals surface area contributed by atoms with Crippen molar-refractivity contribution in [3.05, 3.63) is 63.4 Å². The molecule has 0 radical (unpaired) electrons. The summed E-state index contributed by atoms with van der Waals surface area (Å²) < 4.78 is 0. The summed E-state index contributed by atoms with van der Waals surface area (Å²) in [5.74, 6) is -0.915. The van der Waals surface area contributed by atoms with Gasteiger partial charge in [0.05, 0.1) is 0 Å². The van der Waals surface area contributed by atoms with E-state index >= 15 is 0 Å². The maximum absolute atomic E-state index is 10.8. The second-order valence-electron chi connectivity index (χ2n) is 8.83. The molecule has 0 spiro atoms. The lowest BCUT2D eigenvalue weighted by Crippen LogP contribution is -2.33. The molecule has 0 aliphatic heterocycles. The second-order valence-corrected chi connectivity index (χ2v) is 9.57. The fourth-order valence-corrected chi connectivity index (χ4v) is 4.72. The molecule has 2 aromatic rings. The van der Waals surface area contributed by atoms with Crippen LogP contribution in [0.4, 0.5) is 0 Å². The van der Waals surface area contributed by atoms with Crippen LogP contribution in [0, 0.1) is 0 Å². The number of allylic oxidation sites excluding steroid dienone is 2. The lowest BCUT2D eigenvalue weighted by atomic mass is 9.63. The van der Waals surface area contributed by atoms with E-state index in [1.54, 1.807) is 18.3 Å². The molecule has 1 aliphatic carbocycles. The van der Waals surface area contributed by atoms with Crippen molar-refractivity contribution in [3.8, 4) is 11.1 Å². The molecule has 1 heterocycles. The molecule has 0 saturated carbocycles. The van der Waals surface area contributed by atoms with Crippen molar-refractivity contribution in [1.29, 1.82) is 0 Å². The number of hydrogen-bond donors (Lipinski definition) is 1. The minimum Gasteiger partial charge on any atom is -0.478 e. The predicted octanol–water partition coefficient (Wildman–Crippen LogP) is 6.81. The molecule has 142 valence electrons. The van der Waals surface area contributed by atoms with Crippen molar-refractivity contribution in [2.45, 2.75) is 58.3 Å². The van der Waals surface area contributed by atoms with Crippen LogP contribution in [-0.2, 0) is 15.6 Å². The first-order chi connectivity index (χ1) is 12.6. The van der Waals surface area contributed by atoms with E-state index in [9.17, 15) is 4.79 Å². The summed E-state index contributed by atoms with van der Waals surface area (Å²) in [6.45, 7) is 11.2. The molecule has 1 aromatic heterocycles. The number of thiophene rings is 1. The summed E-state index contributed by atoms with van der Waals surface area (Å²) in [5.41, 5.74) is 7.64. The van der Waals surface area contributed by atoms with Gasteiger partial charge >= 0.3 is 5.97 Å². The monoisotopic (exact) mass is 380 g/mol. The average molecular weight is 381 g/mol.